The second-order valence-corrected chi connectivity index (χ2v) is 6.93. The van der Waals surface area contributed by atoms with E-state index in [1.54, 1.807) is 4.90 Å². The number of hydrogen-bond acceptors (Lipinski definition) is 6. The van der Waals surface area contributed by atoms with Crippen LogP contribution in [-0.4, -0.2) is 79.0 Å². The van der Waals surface area contributed by atoms with Crippen LogP contribution in [0.5, 0.6) is 0 Å². The zero-order valence-corrected chi connectivity index (χ0v) is 10.7. The summed E-state index contributed by atoms with van der Waals surface area (Å²) in [4.78, 5) is 12.5. The van der Waals surface area contributed by atoms with Crippen molar-refractivity contribution < 1.29 is 28.2 Å². The average molecular weight is 279 g/mol. The Bertz CT molecular complexity index is 422. The lowest BCUT2D eigenvalue weighted by Crippen LogP contribution is -2.55. The summed E-state index contributed by atoms with van der Waals surface area (Å²) in [5.41, 5.74) is 0. The van der Waals surface area contributed by atoms with Crippen LogP contribution in [-0.2, 0) is 19.4 Å². The number of carboxylic acids is 1. The van der Waals surface area contributed by atoms with E-state index in [1.807, 2.05) is 0 Å². The molecule has 0 spiro atoms. The van der Waals surface area contributed by atoms with Gasteiger partial charge in [0.1, 0.15) is 0 Å². The molecule has 8 heteroatoms. The number of aliphatic hydroxyl groups excluding tert-OH is 1. The molecule has 2 heterocycles. The fourth-order valence-corrected chi connectivity index (χ4v) is 4.42. The standard InChI is InChI=1S/C10H17NO6S/c12-9-6-18(15,16)5-8(9)11-1-2-17-4-7(11)3-10(13)14/h7-9,12H,1-6H2,(H,13,14). The Morgan fingerprint density at radius 2 is 2.11 bits per heavy atom. The zero-order chi connectivity index (χ0) is 13.3. The molecule has 0 amide bonds. The van der Waals surface area contributed by atoms with Gasteiger partial charge in [-0.2, -0.15) is 0 Å². The molecule has 3 atom stereocenters. The van der Waals surface area contributed by atoms with Crippen molar-refractivity contribution in [3.05, 3.63) is 0 Å². The maximum absolute atomic E-state index is 11.5. The van der Waals surface area contributed by atoms with E-state index in [2.05, 4.69) is 0 Å². The fourth-order valence-electron chi connectivity index (χ4n) is 2.61. The Morgan fingerprint density at radius 1 is 1.39 bits per heavy atom. The highest BCUT2D eigenvalue weighted by molar-refractivity contribution is 7.91. The lowest BCUT2D eigenvalue weighted by molar-refractivity contribution is -0.141. The second-order valence-electron chi connectivity index (χ2n) is 4.78. The lowest BCUT2D eigenvalue weighted by atomic mass is 10.1. The van der Waals surface area contributed by atoms with Crippen LogP contribution in [0.4, 0.5) is 0 Å². The molecule has 2 rings (SSSR count). The van der Waals surface area contributed by atoms with Crippen molar-refractivity contribution in [2.45, 2.75) is 24.6 Å². The maximum atomic E-state index is 11.5. The molecule has 2 fully saturated rings. The third-order valence-corrected chi connectivity index (χ3v) is 5.10. The predicted octanol–water partition coefficient (Wildman–Crippen LogP) is -1.68. The SMILES string of the molecule is O=C(O)CC1COCCN1C1CS(=O)(=O)CC1O. The van der Waals surface area contributed by atoms with E-state index in [4.69, 9.17) is 9.84 Å². The maximum Gasteiger partial charge on any atom is 0.305 e. The number of carboxylic acid groups (broad SMARTS) is 1. The fraction of sp³-hybridized carbons (Fsp3) is 0.900. The van der Waals surface area contributed by atoms with Crippen LogP contribution in [0.2, 0.25) is 0 Å². The van der Waals surface area contributed by atoms with E-state index >= 15 is 0 Å². The Balaban J connectivity index is 2.11. The van der Waals surface area contributed by atoms with Crippen molar-refractivity contribution in [1.82, 2.24) is 4.90 Å². The molecular weight excluding hydrogens is 262 g/mol. The molecule has 0 bridgehead atoms. The smallest absolute Gasteiger partial charge is 0.305 e. The number of hydrogen-bond donors (Lipinski definition) is 2. The molecule has 2 saturated heterocycles. The van der Waals surface area contributed by atoms with Gasteiger partial charge in [0.25, 0.3) is 0 Å². The number of nitrogens with zero attached hydrogens (tertiary/aromatic N) is 1. The number of sulfone groups is 1. The third-order valence-electron chi connectivity index (χ3n) is 3.40. The van der Waals surface area contributed by atoms with Crippen LogP contribution < -0.4 is 0 Å². The first-order valence-corrected chi connectivity index (χ1v) is 7.65. The Hall–Kier alpha value is -0.700. The van der Waals surface area contributed by atoms with Crippen LogP contribution in [0, 0.1) is 0 Å². The van der Waals surface area contributed by atoms with E-state index in [-0.39, 0.29) is 30.6 Å². The highest BCUT2D eigenvalue weighted by atomic mass is 32.2. The average Bonchev–Trinajstić information content (AvgIpc) is 2.52. The van der Waals surface area contributed by atoms with E-state index in [0.717, 1.165) is 0 Å². The Kier molecular flexibility index (Phi) is 3.90. The van der Waals surface area contributed by atoms with Gasteiger partial charge in [-0.15, -0.1) is 0 Å². The summed E-state index contributed by atoms with van der Waals surface area (Å²) in [5.74, 6) is -1.30. The molecular formula is C10H17NO6S. The highest BCUT2D eigenvalue weighted by Crippen LogP contribution is 2.23. The number of rotatable bonds is 3. The minimum absolute atomic E-state index is 0.107. The minimum Gasteiger partial charge on any atom is -0.481 e. The summed E-state index contributed by atoms with van der Waals surface area (Å²) in [6.45, 7) is 1.14. The van der Waals surface area contributed by atoms with Crippen molar-refractivity contribution in [3.8, 4) is 0 Å². The molecule has 104 valence electrons. The summed E-state index contributed by atoms with van der Waals surface area (Å²) in [6, 6.07) is -0.882. The van der Waals surface area contributed by atoms with Crippen molar-refractivity contribution in [2.75, 3.05) is 31.3 Å². The normalized spacial score (nSPS) is 36.6. The molecule has 2 N–H and O–H groups in total. The Labute approximate surface area is 105 Å². The number of ether oxygens (including phenoxy) is 1. The van der Waals surface area contributed by atoms with E-state index in [0.29, 0.717) is 13.2 Å². The van der Waals surface area contributed by atoms with Gasteiger partial charge < -0.3 is 14.9 Å². The minimum atomic E-state index is -3.23. The molecule has 0 aromatic carbocycles. The number of aliphatic hydroxyl groups is 1. The van der Waals surface area contributed by atoms with Crippen molar-refractivity contribution in [2.24, 2.45) is 0 Å². The van der Waals surface area contributed by atoms with Crippen molar-refractivity contribution in [3.63, 3.8) is 0 Å². The van der Waals surface area contributed by atoms with Gasteiger partial charge in [0, 0.05) is 12.6 Å². The van der Waals surface area contributed by atoms with Crippen LogP contribution in [0.3, 0.4) is 0 Å². The van der Waals surface area contributed by atoms with Crippen LogP contribution in [0.15, 0.2) is 0 Å². The van der Waals surface area contributed by atoms with E-state index in [1.165, 1.54) is 0 Å². The quantitative estimate of drug-likeness (QED) is 0.636. The number of morpholine rings is 1. The van der Waals surface area contributed by atoms with Gasteiger partial charge in [-0.1, -0.05) is 0 Å². The molecule has 18 heavy (non-hydrogen) atoms. The van der Waals surface area contributed by atoms with Gasteiger partial charge in [-0.05, 0) is 0 Å². The molecule has 2 aliphatic rings. The Morgan fingerprint density at radius 3 is 2.67 bits per heavy atom. The monoisotopic (exact) mass is 279 g/mol. The predicted molar refractivity (Wildman–Crippen MR) is 62.0 cm³/mol. The largest absolute Gasteiger partial charge is 0.481 e. The topological polar surface area (TPSA) is 104 Å². The van der Waals surface area contributed by atoms with Gasteiger partial charge in [-0.25, -0.2) is 8.42 Å². The summed E-state index contributed by atoms with van der Waals surface area (Å²) in [7, 11) is -3.23. The van der Waals surface area contributed by atoms with Crippen molar-refractivity contribution in [1.29, 1.82) is 0 Å². The van der Waals surface area contributed by atoms with Crippen LogP contribution in [0.25, 0.3) is 0 Å². The molecule has 2 aliphatic heterocycles. The van der Waals surface area contributed by atoms with E-state index in [9.17, 15) is 18.3 Å². The van der Waals surface area contributed by atoms with Gasteiger partial charge in [0.05, 0.1) is 43.3 Å². The first-order valence-electron chi connectivity index (χ1n) is 5.83. The second kappa shape index (κ2) is 5.12. The third kappa shape index (κ3) is 3.00. The molecule has 0 radical (unpaired) electrons. The molecule has 0 aromatic rings. The summed E-state index contributed by atoms with van der Waals surface area (Å²) in [6.07, 6.45) is -1.05. The summed E-state index contributed by atoms with van der Waals surface area (Å²) < 4.78 is 28.2. The summed E-state index contributed by atoms with van der Waals surface area (Å²) >= 11 is 0. The van der Waals surface area contributed by atoms with Gasteiger partial charge in [-0.3, -0.25) is 9.69 Å². The van der Waals surface area contributed by atoms with Crippen LogP contribution >= 0.6 is 0 Å². The molecule has 3 unspecified atom stereocenters. The number of aliphatic carboxylic acids is 1. The molecule has 0 saturated carbocycles. The zero-order valence-electron chi connectivity index (χ0n) is 9.86. The molecule has 0 aliphatic carbocycles. The van der Waals surface area contributed by atoms with Crippen LogP contribution in [0.1, 0.15) is 6.42 Å². The van der Waals surface area contributed by atoms with E-state index < -0.39 is 28.0 Å². The highest BCUT2D eigenvalue weighted by Gasteiger charge is 2.43. The molecule has 0 aromatic heterocycles. The van der Waals surface area contributed by atoms with Gasteiger partial charge in [0.15, 0.2) is 9.84 Å². The lowest BCUT2D eigenvalue weighted by Gasteiger charge is -2.39. The van der Waals surface area contributed by atoms with Gasteiger partial charge >= 0.3 is 5.97 Å². The summed E-state index contributed by atoms with van der Waals surface area (Å²) in [5, 5.41) is 18.7. The van der Waals surface area contributed by atoms with Crippen molar-refractivity contribution >= 4 is 15.8 Å². The first kappa shape index (κ1) is 13.7. The first-order chi connectivity index (χ1) is 8.39. The number of carbonyl (C=O) groups is 1. The van der Waals surface area contributed by atoms with Gasteiger partial charge in [0.2, 0.25) is 0 Å². The molecule has 7 nitrogen and oxygen atoms in total.